The van der Waals surface area contributed by atoms with Gasteiger partial charge in [0, 0.05) is 20.9 Å². The Labute approximate surface area is 131 Å². The summed E-state index contributed by atoms with van der Waals surface area (Å²) in [5.74, 6) is -0.366. The molecule has 0 bridgehead atoms. The molecule has 0 atom stereocenters. The Morgan fingerprint density at radius 3 is 1.82 bits per heavy atom. The Hall–Kier alpha value is 0.220. The van der Waals surface area contributed by atoms with Crippen LogP contribution in [0.1, 0.15) is 26.3 Å². The zero-order valence-electron chi connectivity index (χ0n) is 8.19. The number of rotatable bonds is 1. The van der Waals surface area contributed by atoms with Crippen LogP contribution >= 0.6 is 63.7 Å². The van der Waals surface area contributed by atoms with Crippen LogP contribution in [-0.4, -0.2) is 11.6 Å². The summed E-state index contributed by atoms with van der Waals surface area (Å²) in [7, 11) is 0. The Morgan fingerprint density at radius 1 is 0.882 bits per heavy atom. The predicted molar refractivity (Wildman–Crippen MR) is 80.3 cm³/mol. The molecule has 17 heavy (non-hydrogen) atoms. The Morgan fingerprint density at radius 2 is 1.35 bits per heavy atom. The first-order valence-corrected chi connectivity index (χ1v) is 8.00. The van der Waals surface area contributed by atoms with Gasteiger partial charge in [-0.25, -0.2) is 0 Å². The second kappa shape index (κ2) is 5.07. The second-order valence-electron chi connectivity index (χ2n) is 3.41. The first kappa shape index (κ1) is 13.6. The fourth-order valence-electron chi connectivity index (χ4n) is 1.53. The van der Waals surface area contributed by atoms with Crippen molar-refractivity contribution in [3.63, 3.8) is 0 Å². The first-order chi connectivity index (χ1) is 7.97. The number of allylic oxidation sites excluding steroid dienone is 2. The van der Waals surface area contributed by atoms with Crippen LogP contribution in [0.5, 0.6) is 0 Å². The summed E-state index contributed by atoms with van der Waals surface area (Å²) < 4.78 is 1.36. The van der Waals surface area contributed by atoms with Crippen LogP contribution in [0.25, 0.3) is 0 Å². The van der Waals surface area contributed by atoms with Crippen molar-refractivity contribution < 1.29 is 9.59 Å². The van der Waals surface area contributed by atoms with Crippen LogP contribution in [-0.2, 0) is 5.33 Å². The molecule has 0 radical (unpaired) electrons. The maximum absolute atomic E-state index is 12.0. The van der Waals surface area contributed by atoms with Crippen LogP contribution in [0.4, 0.5) is 0 Å². The third-order valence-electron chi connectivity index (χ3n) is 2.41. The van der Waals surface area contributed by atoms with Gasteiger partial charge in [0.15, 0.2) is 0 Å². The number of carbonyl (C=O) groups excluding carboxylic acids is 2. The fraction of sp³-hybridized carbons (Fsp3) is 0.0909. The van der Waals surface area contributed by atoms with Gasteiger partial charge in [0.05, 0.1) is 8.96 Å². The molecular formula is C11H4Br4O2. The molecule has 1 aromatic rings. The van der Waals surface area contributed by atoms with Crippen molar-refractivity contribution in [3.05, 3.63) is 42.3 Å². The number of hydrogen-bond donors (Lipinski definition) is 0. The van der Waals surface area contributed by atoms with E-state index in [9.17, 15) is 9.59 Å². The normalized spacial score (nSPS) is 15.3. The Balaban J connectivity index is 2.73. The number of benzene rings is 1. The monoisotopic (exact) mass is 484 g/mol. The lowest BCUT2D eigenvalue weighted by atomic mass is 9.93. The molecule has 0 N–H and O–H groups in total. The van der Waals surface area contributed by atoms with Crippen molar-refractivity contribution in [1.82, 2.24) is 0 Å². The van der Waals surface area contributed by atoms with Crippen LogP contribution in [0.3, 0.4) is 0 Å². The molecule has 0 saturated carbocycles. The minimum atomic E-state index is -0.187. The lowest BCUT2D eigenvalue weighted by Gasteiger charge is -2.16. The van der Waals surface area contributed by atoms with Crippen molar-refractivity contribution in [2.45, 2.75) is 5.33 Å². The van der Waals surface area contributed by atoms with Gasteiger partial charge in [-0.1, -0.05) is 31.9 Å². The van der Waals surface area contributed by atoms with Crippen molar-refractivity contribution in [1.29, 1.82) is 0 Å². The molecule has 6 heteroatoms. The number of Topliss-reactive ketones (excluding diaryl/α,β-unsaturated/α-hetero) is 2. The highest BCUT2D eigenvalue weighted by Crippen LogP contribution is 2.35. The molecule has 1 aliphatic rings. The van der Waals surface area contributed by atoms with Crippen molar-refractivity contribution in [2.75, 3.05) is 0 Å². The first-order valence-electron chi connectivity index (χ1n) is 4.50. The SMILES string of the molecule is O=C1C(Br)=C(Br)C(=O)c2cc(CBr)c(Br)cc21. The molecular weight excluding hydrogens is 484 g/mol. The highest BCUT2D eigenvalue weighted by Gasteiger charge is 2.30. The van der Waals surface area contributed by atoms with Gasteiger partial charge in [0.2, 0.25) is 11.6 Å². The van der Waals surface area contributed by atoms with E-state index >= 15 is 0 Å². The largest absolute Gasteiger partial charge is 0.288 e. The highest BCUT2D eigenvalue weighted by atomic mass is 79.9. The number of ketones is 2. The third kappa shape index (κ3) is 2.25. The van der Waals surface area contributed by atoms with Gasteiger partial charge in [-0.3, -0.25) is 9.59 Å². The van der Waals surface area contributed by atoms with E-state index in [0.29, 0.717) is 16.5 Å². The molecule has 88 valence electrons. The molecule has 0 heterocycles. The molecule has 1 aliphatic carbocycles. The van der Waals surface area contributed by atoms with Gasteiger partial charge in [0.1, 0.15) is 0 Å². The summed E-state index contributed by atoms with van der Waals surface area (Å²) in [6, 6.07) is 3.42. The van der Waals surface area contributed by atoms with Gasteiger partial charge in [0.25, 0.3) is 0 Å². The van der Waals surface area contributed by atoms with E-state index < -0.39 is 0 Å². The molecule has 0 amide bonds. The number of halogens is 4. The minimum absolute atomic E-state index is 0.179. The Kier molecular flexibility index (Phi) is 4.07. The molecule has 0 fully saturated rings. The van der Waals surface area contributed by atoms with Crippen LogP contribution in [0.2, 0.25) is 0 Å². The second-order valence-corrected chi connectivity index (χ2v) is 6.41. The standard InChI is InChI=1S/C11H4Br4O2/c12-3-4-1-5-6(2-7(4)13)11(17)9(15)8(14)10(5)16/h1-2H,3H2. The van der Waals surface area contributed by atoms with Crippen molar-refractivity contribution in [3.8, 4) is 0 Å². The summed E-state index contributed by atoms with van der Waals surface area (Å²) in [5, 5.41) is 0.616. The molecule has 0 aromatic heterocycles. The van der Waals surface area contributed by atoms with E-state index in [1.807, 2.05) is 0 Å². The fourth-order valence-corrected chi connectivity index (χ4v) is 3.64. The van der Waals surface area contributed by atoms with Crippen molar-refractivity contribution >= 4 is 75.3 Å². The molecule has 0 saturated heterocycles. The van der Waals surface area contributed by atoms with E-state index in [1.165, 1.54) is 0 Å². The van der Waals surface area contributed by atoms with Gasteiger partial charge < -0.3 is 0 Å². The summed E-state index contributed by atoms with van der Waals surface area (Å²) in [4.78, 5) is 24.0. The van der Waals surface area contributed by atoms with E-state index in [1.54, 1.807) is 12.1 Å². The third-order valence-corrected chi connectivity index (χ3v) is 5.80. The number of fused-ring (bicyclic) bond motifs is 1. The summed E-state index contributed by atoms with van der Waals surface area (Å²) in [6.45, 7) is 0. The average molecular weight is 488 g/mol. The lowest BCUT2D eigenvalue weighted by molar-refractivity contribution is 0.0989. The topological polar surface area (TPSA) is 34.1 Å². The van der Waals surface area contributed by atoms with E-state index in [4.69, 9.17) is 0 Å². The van der Waals surface area contributed by atoms with Gasteiger partial charge in [-0.05, 0) is 49.6 Å². The summed E-state index contributed by atoms with van der Waals surface area (Å²) >= 11 is 13.0. The molecule has 1 aromatic carbocycles. The maximum atomic E-state index is 12.0. The summed E-state index contributed by atoms with van der Waals surface area (Å²) in [6.07, 6.45) is 0. The van der Waals surface area contributed by atoms with Crippen LogP contribution in [0.15, 0.2) is 25.6 Å². The molecule has 2 nitrogen and oxygen atoms in total. The van der Waals surface area contributed by atoms with E-state index in [2.05, 4.69) is 63.7 Å². The summed E-state index contributed by atoms with van der Waals surface area (Å²) in [5.41, 5.74) is 1.78. The quantitative estimate of drug-likeness (QED) is 0.537. The minimum Gasteiger partial charge on any atom is -0.288 e. The van der Waals surface area contributed by atoms with Crippen LogP contribution in [0, 0.1) is 0 Å². The molecule has 0 unspecified atom stereocenters. The number of alkyl halides is 1. The number of carbonyl (C=O) groups is 2. The van der Waals surface area contributed by atoms with Gasteiger partial charge in [-0.2, -0.15) is 0 Å². The van der Waals surface area contributed by atoms with E-state index in [-0.39, 0.29) is 20.5 Å². The van der Waals surface area contributed by atoms with Gasteiger partial charge >= 0.3 is 0 Å². The lowest BCUT2D eigenvalue weighted by Crippen LogP contribution is -2.17. The molecule has 0 aliphatic heterocycles. The maximum Gasteiger partial charge on any atom is 0.202 e. The van der Waals surface area contributed by atoms with Crippen LogP contribution < -0.4 is 0 Å². The van der Waals surface area contributed by atoms with Crippen molar-refractivity contribution in [2.24, 2.45) is 0 Å². The number of hydrogen-bond acceptors (Lipinski definition) is 2. The highest BCUT2D eigenvalue weighted by molar-refractivity contribution is 9.14. The zero-order chi connectivity index (χ0) is 12.7. The molecule has 2 rings (SSSR count). The Bertz CT molecular complexity index is 575. The predicted octanol–water partition coefficient (Wildman–Crippen LogP) is 4.72. The zero-order valence-corrected chi connectivity index (χ0v) is 14.5. The van der Waals surface area contributed by atoms with E-state index in [0.717, 1.165) is 10.0 Å². The average Bonchev–Trinajstić information content (AvgIpc) is 2.33. The molecule has 0 spiro atoms. The smallest absolute Gasteiger partial charge is 0.202 e. The van der Waals surface area contributed by atoms with Gasteiger partial charge in [-0.15, -0.1) is 0 Å².